The van der Waals surface area contributed by atoms with Gasteiger partial charge in [0.1, 0.15) is 18.0 Å². The molecule has 10 nitrogen and oxygen atoms in total. The second-order valence-corrected chi connectivity index (χ2v) is 9.49. The number of likely N-dealkylation sites (N-methyl/N-ethyl adjacent to an activating group) is 1. The lowest BCUT2D eigenvalue weighted by Crippen LogP contribution is -2.39. The van der Waals surface area contributed by atoms with E-state index in [1.165, 1.54) is 0 Å². The van der Waals surface area contributed by atoms with E-state index in [1.807, 2.05) is 13.1 Å². The number of rotatable bonds is 3. The van der Waals surface area contributed by atoms with Crippen molar-refractivity contribution in [1.29, 1.82) is 0 Å². The molecule has 10 heteroatoms. The van der Waals surface area contributed by atoms with E-state index in [0.29, 0.717) is 48.8 Å². The molecule has 3 aromatic heterocycles. The molecule has 1 saturated heterocycles. The highest BCUT2D eigenvalue weighted by Crippen LogP contribution is 2.38. The quantitative estimate of drug-likeness (QED) is 0.481. The standard InChI is InChI=1S/C25H27N7O3/c1-31-11-12-33-22-20(31)15-26-32-23(29-30-24(22)32)19-6-5-16-3-2-4-18(21(16)28-19)27-17-7-9-25(10-8-17)34-13-14-35-25/h2-6,15,17,27H,7-14H2,1H3. The number of hydrogen-bond donors (Lipinski definition) is 1. The van der Waals surface area contributed by atoms with Crippen LogP contribution >= 0.6 is 0 Å². The van der Waals surface area contributed by atoms with Crippen molar-refractivity contribution in [1.82, 2.24) is 24.8 Å². The van der Waals surface area contributed by atoms with Crippen molar-refractivity contribution in [3.8, 4) is 17.3 Å². The number of anilines is 2. The Kier molecular flexibility index (Phi) is 4.78. The number of para-hydroxylation sites is 1. The first-order valence-electron chi connectivity index (χ1n) is 12.2. The topological polar surface area (TPSA) is 98.9 Å². The van der Waals surface area contributed by atoms with Crippen LogP contribution in [0.5, 0.6) is 5.75 Å². The number of pyridine rings is 1. The first kappa shape index (κ1) is 20.8. The Hall–Kier alpha value is -3.50. The molecule has 1 aliphatic carbocycles. The predicted octanol–water partition coefficient (Wildman–Crippen LogP) is 3.27. The van der Waals surface area contributed by atoms with Gasteiger partial charge in [-0.25, -0.2) is 4.98 Å². The molecule has 0 amide bonds. The molecule has 1 aromatic carbocycles. The molecule has 0 bridgehead atoms. The zero-order valence-corrected chi connectivity index (χ0v) is 19.6. The van der Waals surface area contributed by atoms with Gasteiger partial charge < -0.3 is 24.4 Å². The van der Waals surface area contributed by atoms with Gasteiger partial charge in [0, 0.05) is 31.3 Å². The molecule has 3 aliphatic rings. The van der Waals surface area contributed by atoms with Gasteiger partial charge in [-0.1, -0.05) is 18.2 Å². The Morgan fingerprint density at radius 1 is 1.03 bits per heavy atom. The first-order chi connectivity index (χ1) is 17.2. The molecule has 180 valence electrons. The summed E-state index contributed by atoms with van der Waals surface area (Å²) in [7, 11) is 2.02. The van der Waals surface area contributed by atoms with E-state index in [0.717, 1.165) is 54.5 Å². The average molecular weight is 474 g/mol. The van der Waals surface area contributed by atoms with Gasteiger partial charge in [-0.2, -0.15) is 9.61 Å². The lowest BCUT2D eigenvalue weighted by Gasteiger charge is -2.36. The molecule has 7 rings (SSSR count). The van der Waals surface area contributed by atoms with E-state index in [9.17, 15) is 0 Å². The van der Waals surface area contributed by atoms with Gasteiger partial charge in [-0.15, -0.1) is 10.2 Å². The third-order valence-corrected chi connectivity index (χ3v) is 7.33. The second-order valence-electron chi connectivity index (χ2n) is 9.49. The number of fused-ring (bicyclic) bond motifs is 4. The van der Waals surface area contributed by atoms with Crippen molar-refractivity contribution >= 4 is 27.9 Å². The summed E-state index contributed by atoms with van der Waals surface area (Å²) in [5.41, 5.74) is 4.16. The third kappa shape index (κ3) is 3.47. The average Bonchev–Trinajstić information content (AvgIpc) is 3.53. The van der Waals surface area contributed by atoms with Gasteiger partial charge in [-0.05, 0) is 25.0 Å². The van der Waals surface area contributed by atoms with E-state index in [-0.39, 0.29) is 5.79 Å². The summed E-state index contributed by atoms with van der Waals surface area (Å²) in [6.45, 7) is 2.82. The number of hydrogen-bond acceptors (Lipinski definition) is 9. The van der Waals surface area contributed by atoms with E-state index in [2.05, 4.69) is 49.8 Å². The Balaban J connectivity index is 1.21. The summed E-state index contributed by atoms with van der Waals surface area (Å²) < 4.78 is 19.4. The maximum absolute atomic E-state index is 5.91. The smallest absolute Gasteiger partial charge is 0.222 e. The SMILES string of the molecule is CN1CCOc2c1cnn1c(-c3ccc4cccc(NC5CCC6(CC5)OCCO6)c4n3)nnc21. The van der Waals surface area contributed by atoms with Crippen molar-refractivity contribution in [3.63, 3.8) is 0 Å². The summed E-state index contributed by atoms with van der Waals surface area (Å²) in [5.74, 6) is 0.939. The molecule has 1 N–H and O–H groups in total. The van der Waals surface area contributed by atoms with Gasteiger partial charge in [0.25, 0.3) is 0 Å². The maximum Gasteiger partial charge on any atom is 0.222 e. The highest BCUT2D eigenvalue weighted by Gasteiger charge is 2.40. The van der Waals surface area contributed by atoms with Crippen molar-refractivity contribution in [2.24, 2.45) is 0 Å². The van der Waals surface area contributed by atoms with E-state index < -0.39 is 0 Å². The van der Waals surface area contributed by atoms with Crippen LogP contribution in [0.4, 0.5) is 11.4 Å². The molecule has 0 atom stereocenters. The van der Waals surface area contributed by atoms with Crippen LogP contribution in [0, 0.1) is 0 Å². The molecule has 1 spiro atoms. The van der Waals surface area contributed by atoms with Crippen LogP contribution in [0.15, 0.2) is 36.5 Å². The van der Waals surface area contributed by atoms with E-state index >= 15 is 0 Å². The number of ether oxygens (including phenoxy) is 3. The zero-order valence-electron chi connectivity index (χ0n) is 19.6. The highest BCUT2D eigenvalue weighted by molar-refractivity contribution is 5.92. The highest BCUT2D eigenvalue weighted by atomic mass is 16.7. The van der Waals surface area contributed by atoms with Crippen LogP contribution in [-0.2, 0) is 9.47 Å². The molecule has 4 aromatic rings. The van der Waals surface area contributed by atoms with Crippen LogP contribution in [0.25, 0.3) is 28.1 Å². The monoisotopic (exact) mass is 473 g/mol. The number of nitrogens with one attached hydrogen (secondary N) is 1. The fourth-order valence-corrected chi connectivity index (χ4v) is 5.39. The molecular weight excluding hydrogens is 446 g/mol. The minimum absolute atomic E-state index is 0.348. The van der Waals surface area contributed by atoms with E-state index in [4.69, 9.17) is 19.2 Å². The van der Waals surface area contributed by atoms with Gasteiger partial charge in [0.15, 0.2) is 11.5 Å². The molecule has 35 heavy (non-hydrogen) atoms. The summed E-state index contributed by atoms with van der Waals surface area (Å²) in [4.78, 5) is 7.12. The Morgan fingerprint density at radius 2 is 1.89 bits per heavy atom. The fraction of sp³-hybridized carbons (Fsp3) is 0.440. The van der Waals surface area contributed by atoms with Gasteiger partial charge >= 0.3 is 0 Å². The molecule has 0 unspecified atom stereocenters. The second kappa shape index (κ2) is 8.03. The molecule has 2 fully saturated rings. The summed E-state index contributed by atoms with van der Waals surface area (Å²) in [5, 5.41) is 18.2. The summed E-state index contributed by atoms with van der Waals surface area (Å²) in [6, 6.07) is 10.6. The predicted molar refractivity (Wildman–Crippen MR) is 131 cm³/mol. The van der Waals surface area contributed by atoms with Crippen molar-refractivity contribution in [2.75, 3.05) is 43.6 Å². The summed E-state index contributed by atoms with van der Waals surface area (Å²) >= 11 is 0. The molecule has 5 heterocycles. The van der Waals surface area contributed by atoms with Crippen LogP contribution in [-0.4, -0.2) is 70.0 Å². The van der Waals surface area contributed by atoms with Crippen LogP contribution in [0.1, 0.15) is 25.7 Å². The lowest BCUT2D eigenvalue weighted by atomic mass is 9.90. The third-order valence-electron chi connectivity index (χ3n) is 7.33. The van der Waals surface area contributed by atoms with Crippen LogP contribution in [0.2, 0.25) is 0 Å². The summed E-state index contributed by atoms with van der Waals surface area (Å²) in [6.07, 6.45) is 5.61. The van der Waals surface area contributed by atoms with Crippen molar-refractivity contribution in [3.05, 3.63) is 36.5 Å². The molecule has 0 radical (unpaired) electrons. The Bertz CT molecular complexity index is 1410. The fourth-order valence-electron chi connectivity index (χ4n) is 5.39. The largest absolute Gasteiger partial charge is 0.486 e. The maximum atomic E-state index is 5.91. The minimum Gasteiger partial charge on any atom is -0.486 e. The van der Waals surface area contributed by atoms with Crippen molar-refractivity contribution in [2.45, 2.75) is 37.5 Å². The lowest BCUT2D eigenvalue weighted by molar-refractivity contribution is -0.177. The van der Waals surface area contributed by atoms with Gasteiger partial charge in [-0.3, -0.25) is 0 Å². The first-order valence-corrected chi connectivity index (χ1v) is 12.2. The number of benzene rings is 1. The number of nitrogens with zero attached hydrogens (tertiary/aromatic N) is 6. The van der Waals surface area contributed by atoms with Crippen LogP contribution in [0.3, 0.4) is 0 Å². The Morgan fingerprint density at radius 3 is 2.74 bits per heavy atom. The van der Waals surface area contributed by atoms with Crippen molar-refractivity contribution < 1.29 is 14.2 Å². The normalized spacial score (nSPS) is 19.9. The number of aromatic nitrogens is 5. The van der Waals surface area contributed by atoms with Gasteiger partial charge in [0.2, 0.25) is 11.5 Å². The van der Waals surface area contributed by atoms with E-state index in [1.54, 1.807) is 10.7 Å². The van der Waals surface area contributed by atoms with Gasteiger partial charge in [0.05, 0.1) is 37.2 Å². The Labute approximate surface area is 202 Å². The molecule has 1 saturated carbocycles. The van der Waals surface area contributed by atoms with Crippen LogP contribution < -0.4 is 15.0 Å². The molecule has 2 aliphatic heterocycles. The molecular formula is C25H27N7O3. The zero-order chi connectivity index (χ0) is 23.4. The minimum atomic E-state index is -0.359.